The first kappa shape index (κ1) is 13.8. The quantitative estimate of drug-likeness (QED) is 0.448. The van der Waals surface area contributed by atoms with E-state index in [-0.39, 0.29) is 40.0 Å². The van der Waals surface area contributed by atoms with Crippen LogP contribution < -0.4 is 0 Å². The predicted molar refractivity (Wildman–Crippen MR) is 53.5 cm³/mol. The molecule has 72 valence electrons. The van der Waals surface area contributed by atoms with Gasteiger partial charge in [0.2, 0.25) is 0 Å². The number of aryl methyl sites for hydroxylation is 1. The van der Waals surface area contributed by atoms with E-state index in [1.165, 1.54) is 12.1 Å². The third-order valence-electron chi connectivity index (χ3n) is 1.68. The van der Waals surface area contributed by atoms with Gasteiger partial charge in [-0.2, -0.15) is 8.42 Å². The van der Waals surface area contributed by atoms with Crippen molar-refractivity contribution in [2.24, 2.45) is 0 Å². The van der Waals surface area contributed by atoms with Gasteiger partial charge in [-0.25, -0.2) is 0 Å². The molecule has 0 aliphatic rings. The zero-order chi connectivity index (χ0) is 10.1. The molecule has 0 saturated heterocycles. The molecule has 0 unspecified atom stereocenters. The molecule has 6 heteroatoms. The zero-order valence-electron chi connectivity index (χ0n) is 6.89. The van der Waals surface area contributed by atoms with Crippen molar-refractivity contribution in [3.8, 4) is 0 Å². The molecule has 0 aromatic heterocycles. The van der Waals surface area contributed by atoms with Crippen LogP contribution in [0.2, 0.25) is 0 Å². The summed E-state index contributed by atoms with van der Waals surface area (Å²) in [5, 5.41) is 0. The standard InChI is InChI=1S/C8H8O4S.Na.H/c1-6-2-3-8(13(10,11)12)4-7(6)5-9;;/h2-5H,1H3,(H,10,11,12);;. The first-order chi connectivity index (χ1) is 5.95. The van der Waals surface area contributed by atoms with Crippen LogP contribution in [0.3, 0.4) is 0 Å². The molecule has 1 aromatic rings. The normalized spacial score (nSPS) is 10.4. The monoisotopic (exact) mass is 224 g/mol. The van der Waals surface area contributed by atoms with E-state index in [2.05, 4.69) is 0 Å². The summed E-state index contributed by atoms with van der Waals surface area (Å²) in [5.74, 6) is 0. The Balaban J connectivity index is 0.00000169. The van der Waals surface area contributed by atoms with E-state index in [0.29, 0.717) is 11.8 Å². The summed E-state index contributed by atoms with van der Waals surface area (Å²) in [6.45, 7) is 1.68. The summed E-state index contributed by atoms with van der Waals surface area (Å²) >= 11 is 0. The summed E-state index contributed by atoms with van der Waals surface area (Å²) in [6, 6.07) is 3.85. The fraction of sp³-hybridized carbons (Fsp3) is 0.125. The van der Waals surface area contributed by atoms with E-state index < -0.39 is 10.1 Å². The van der Waals surface area contributed by atoms with Crippen LogP contribution in [0.25, 0.3) is 0 Å². The molecule has 14 heavy (non-hydrogen) atoms. The molecule has 0 radical (unpaired) electrons. The van der Waals surface area contributed by atoms with Crippen LogP contribution in [-0.2, 0) is 10.1 Å². The predicted octanol–water partition coefficient (Wildman–Crippen LogP) is 0.406. The van der Waals surface area contributed by atoms with Crippen molar-refractivity contribution in [1.29, 1.82) is 0 Å². The second-order valence-electron chi connectivity index (χ2n) is 2.61. The first-order valence-electron chi connectivity index (χ1n) is 3.48. The Hall–Kier alpha value is -0.200. The Morgan fingerprint density at radius 3 is 2.36 bits per heavy atom. The molecule has 0 saturated carbocycles. The van der Waals surface area contributed by atoms with Crippen molar-refractivity contribution in [1.82, 2.24) is 0 Å². The van der Waals surface area contributed by atoms with Gasteiger partial charge in [-0.1, -0.05) is 6.07 Å². The summed E-state index contributed by atoms with van der Waals surface area (Å²) in [5.41, 5.74) is 0.928. The van der Waals surface area contributed by atoms with Crippen LogP contribution in [0.5, 0.6) is 0 Å². The Morgan fingerprint density at radius 1 is 1.36 bits per heavy atom. The van der Waals surface area contributed by atoms with Gasteiger partial charge in [0.1, 0.15) is 6.29 Å². The molecule has 0 aliphatic carbocycles. The summed E-state index contributed by atoms with van der Waals surface area (Å²) < 4.78 is 30.0. The molecule has 0 heterocycles. The minimum absolute atomic E-state index is 0. The number of aldehydes is 1. The summed E-state index contributed by atoms with van der Waals surface area (Å²) in [4.78, 5) is 10.2. The van der Waals surface area contributed by atoms with Gasteiger partial charge in [0.05, 0.1) is 4.90 Å². The van der Waals surface area contributed by atoms with Gasteiger partial charge < -0.3 is 0 Å². The minimum atomic E-state index is -4.21. The average Bonchev–Trinajstić information content (AvgIpc) is 2.03. The third-order valence-corrected chi connectivity index (χ3v) is 2.53. The van der Waals surface area contributed by atoms with E-state index in [9.17, 15) is 13.2 Å². The number of rotatable bonds is 2. The van der Waals surface area contributed by atoms with Crippen molar-refractivity contribution in [2.45, 2.75) is 11.8 Å². The molecule has 4 nitrogen and oxygen atoms in total. The van der Waals surface area contributed by atoms with Crippen LogP contribution in [0.15, 0.2) is 23.1 Å². The molecule has 1 aromatic carbocycles. The number of hydrogen-bond donors (Lipinski definition) is 1. The van der Waals surface area contributed by atoms with Crippen LogP contribution in [-0.4, -0.2) is 48.8 Å². The van der Waals surface area contributed by atoms with Crippen LogP contribution >= 0.6 is 0 Å². The van der Waals surface area contributed by atoms with E-state index in [4.69, 9.17) is 4.55 Å². The topological polar surface area (TPSA) is 71.4 Å². The van der Waals surface area contributed by atoms with Crippen molar-refractivity contribution in [3.63, 3.8) is 0 Å². The van der Waals surface area contributed by atoms with E-state index in [1.54, 1.807) is 6.92 Å². The van der Waals surface area contributed by atoms with E-state index in [1.807, 2.05) is 0 Å². The molecular weight excluding hydrogens is 215 g/mol. The molecule has 1 N–H and O–H groups in total. The maximum atomic E-state index is 10.7. The van der Waals surface area contributed by atoms with Gasteiger partial charge in [0.15, 0.2) is 0 Å². The zero-order valence-corrected chi connectivity index (χ0v) is 7.71. The number of hydrogen-bond acceptors (Lipinski definition) is 3. The average molecular weight is 224 g/mol. The van der Waals surface area contributed by atoms with Gasteiger partial charge in [0.25, 0.3) is 10.1 Å². The molecule has 0 atom stereocenters. The molecule has 0 amide bonds. The summed E-state index contributed by atoms with van der Waals surface area (Å²) in [7, 11) is -4.21. The molecule has 0 spiro atoms. The van der Waals surface area contributed by atoms with Gasteiger partial charge in [-0.15, -0.1) is 0 Å². The molecular formula is C8H9NaO4S. The van der Waals surface area contributed by atoms with E-state index >= 15 is 0 Å². The molecule has 1 rings (SSSR count). The Morgan fingerprint density at radius 2 is 1.93 bits per heavy atom. The number of benzene rings is 1. The molecule has 0 aliphatic heterocycles. The van der Waals surface area contributed by atoms with Gasteiger partial charge in [-0.3, -0.25) is 9.35 Å². The Kier molecular flexibility index (Phi) is 4.97. The van der Waals surface area contributed by atoms with Gasteiger partial charge in [0, 0.05) is 5.56 Å². The second-order valence-corrected chi connectivity index (χ2v) is 4.03. The number of carbonyl (C=O) groups excluding carboxylic acids is 1. The maximum absolute atomic E-state index is 10.7. The van der Waals surface area contributed by atoms with Crippen molar-refractivity contribution < 1.29 is 17.8 Å². The third kappa shape index (κ3) is 3.18. The van der Waals surface area contributed by atoms with Gasteiger partial charge >= 0.3 is 29.6 Å². The van der Waals surface area contributed by atoms with Crippen LogP contribution in [0.4, 0.5) is 0 Å². The molecule has 0 fully saturated rings. The van der Waals surface area contributed by atoms with Crippen molar-refractivity contribution in [2.75, 3.05) is 0 Å². The van der Waals surface area contributed by atoms with Crippen LogP contribution in [0, 0.1) is 6.92 Å². The first-order valence-corrected chi connectivity index (χ1v) is 4.92. The Labute approximate surface area is 104 Å². The fourth-order valence-electron chi connectivity index (χ4n) is 0.906. The van der Waals surface area contributed by atoms with E-state index in [0.717, 1.165) is 6.07 Å². The molecule has 0 bridgehead atoms. The van der Waals surface area contributed by atoms with Crippen molar-refractivity contribution in [3.05, 3.63) is 29.3 Å². The second kappa shape index (κ2) is 5.04. The van der Waals surface area contributed by atoms with Gasteiger partial charge in [-0.05, 0) is 24.6 Å². The SMILES string of the molecule is Cc1ccc(S(=O)(=O)O)cc1C=O.[NaH]. The van der Waals surface area contributed by atoms with Crippen molar-refractivity contribution >= 4 is 46.0 Å². The fourth-order valence-corrected chi connectivity index (χ4v) is 1.42. The number of carbonyl (C=O) groups is 1. The Bertz CT molecular complexity index is 439. The summed E-state index contributed by atoms with van der Waals surface area (Å²) in [6.07, 6.45) is 0.546. The van der Waals surface area contributed by atoms with Crippen LogP contribution in [0.1, 0.15) is 15.9 Å².